The van der Waals surface area contributed by atoms with Gasteiger partial charge in [0.1, 0.15) is 5.75 Å². The lowest BCUT2D eigenvalue weighted by Gasteiger charge is -2.39. The van der Waals surface area contributed by atoms with Gasteiger partial charge in [-0.05, 0) is 44.0 Å². The minimum Gasteiger partial charge on any atom is -0.508 e. The summed E-state index contributed by atoms with van der Waals surface area (Å²) in [5, 5.41) is 9.30. The molecule has 1 N–H and O–H groups in total. The predicted octanol–water partition coefficient (Wildman–Crippen LogP) is 3.82. The van der Waals surface area contributed by atoms with Gasteiger partial charge < -0.3 is 5.11 Å². The molecular formula is C15H25NO. The molecule has 2 nitrogen and oxygen atoms in total. The van der Waals surface area contributed by atoms with Crippen molar-refractivity contribution in [1.29, 1.82) is 0 Å². The topological polar surface area (TPSA) is 23.5 Å². The number of rotatable bonds is 3. The Kier molecular flexibility index (Phi) is 4.21. The second kappa shape index (κ2) is 5.09. The highest BCUT2D eigenvalue weighted by atomic mass is 16.3. The van der Waals surface area contributed by atoms with E-state index in [-0.39, 0.29) is 5.41 Å². The van der Waals surface area contributed by atoms with Crippen molar-refractivity contribution < 1.29 is 5.11 Å². The quantitative estimate of drug-likeness (QED) is 0.861. The van der Waals surface area contributed by atoms with Gasteiger partial charge in [-0.25, -0.2) is 0 Å². The smallest absolute Gasteiger partial charge is 0.115 e. The second-order valence-corrected chi connectivity index (χ2v) is 5.97. The molecule has 17 heavy (non-hydrogen) atoms. The third-order valence-electron chi connectivity index (χ3n) is 3.85. The molecule has 0 amide bonds. The van der Waals surface area contributed by atoms with E-state index >= 15 is 0 Å². The first-order chi connectivity index (χ1) is 7.73. The van der Waals surface area contributed by atoms with Gasteiger partial charge in [-0.2, -0.15) is 0 Å². The van der Waals surface area contributed by atoms with Gasteiger partial charge in [-0.3, -0.25) is 4.90 Å². The van der Waals surface area contributed by atoms with Gasteiger partial charge in [0.2, 0.25) is 0 Å². The van der Waals surface area contributed by atoms with Gasteiger partial charge in [-0.15, -0.1) is 0 Å². The molecule has 2 atom stereocenters. The average molecular weight is 235 g/mol. The normalized spacial score (nSPS) is 15.9. The summed E-state index contributed by atoms with van der Waals surface area (Å²) in [5.41, 5.74) is 1.50. The Hall–Kier alpha value is -1.02. The molecule has 0 heterocycles. The molecule has 0 fully saturated rings. The van der Waals surface area contributed by atoms with Gasteiger partial charge in [0.05, 0.1) is 0 Å². The Morgan fingerprint density at radius 3 is 1.94 bits per heavy atom. The number of hydrogen-bond donors (Lipinski definition) is 1. The van der Waals surface area contributed by atoms with E-state index < -0.39 is 0 Å². The second-order valence-electron chi connectivity index (χ2n) is 5.97. The molecule has 96 valence electrons. The summed E-state index contributed by atoms with van der Waals surface area (Å²) >= 11 is 0. The van der Waals surface area contributed by atoms with E-state index in [2.05, 4.69) is 46.6 Å². The lowest BCUT2D eigenvalue weighted by Crippen LogP contribution is -2.40. The van der Waals surface area contributed by atoms with E-state index in [1.165, 1.54) is 5.56 Å². The summed E-state index contributed by atoms with van der Waals surface area (Å²) in [5.74, 6) is 0.326. The van der Waals surface area contributed by atoms with Crippen molar-refractivity contribution in [3.63, 3.8) is 0 Å². The van der Waals surface area contributed by atoms with Crippen molar-refractivity contribution in [3.05, 3.63) is 29.8 Å². The van der Waals surface area contributed by atoms with Crippen LogP contribution in [0.15, 0.2) is 24.3 Å². The van der Waals surface area contributed by atoms with E-state index in [0.717, 1.165) is 0 Å². The average Bonchev–Trinajstić information content (AvgIpc) is 2.26. The highest BCUT2D eigenvalue weighted by Crippen LogP contribution is 2.30. The molecule has 0 saturated carbocycles. The van der Waals surface area contributed by atoms with Crippen LogP contribution in [0.1, 0.15) is 46.2 Å². The Morgan fingerprint density at radius 2 is 1.53 bits per heavy atom. The van der Waals surface area contributed by atoms with Crippen LogP contribution in [-0.2, 0) is 0 Å². The Labute approximate surface area is 105 Å². The van der Waals surface area contributed by atoms with Gasteiger partial charge in [0, 0.05) is 12.1 Å². The molecule has 2 unspecified atom stereocenters. The molecule has 2 heteroatoms. The molecule has 0 spiro atoms. The minimum absolute atomic E-state index is 0.264. The SMILES string of the molecule is CC(c1ccc(O)cc1)N(C)C(C)C(C)(C)C. The maximum absolute atomic E-state index is 9.30. The van der Waals surface area contributed by atoms with Crippen LogP contribution in [0.25, 0.3) is 0 Å². The van der Waals surface area contributed by atoms with Crippen LogP contribution in [0, 0.1) is 5.41 Å². The predicted molar refractivity (Wildman–Crippen MR) is 73.2 cm³/mol. The van der Waals surface area contributed by atoms with Crippen LogP contribution in [0.3, 0.4) is 0 Å². The van der Waals surface area contributed by atoms with Crippen molar-refractivity contribution in [3.8, 4) is 5.75 Å². The van der Waals surface area contributed by atoms with Crippen LogP contribution in [0.4, 0.5) is 0 Å². The van der Waals surface area contributed by atoms with Crippen LogP contribution in [-0.4, -0.2) is 23.1 Å². The highest BCUT2D eigenvalue weighted by molar-refractivity contribution is 5.27. The van der Waals surface area contributed by atoms with Crippen LogP contribution in [0.2, 0.25) is 0 Å². The zero-order chi connectivity index (χ0) is 13.2. The first-order valence-corrected chi connectivity index (χ1v) is 6.24. The maximum Gasteiger partial charge on any atom is 0.115 e. The summed E-state index contributed by atoms with van der Waals surface area (Å²) in [6.07, 6.45) is 0. The van der Waals surface area contributed by atoms with Crippen LogP contribution >= 0.6 is 0 Å². The fraction of sp³-hybridized carbons (Fsp3) is 0.600. The minimum atomic E-state index is 0.264. The molecule has 0 radical (unpaired) electrons. The lowest BCUT2D eigenvalue weighted by molar-refractivity contribution is 0.105. The Morgan fingerprint density at radius 1 is 1.06 bits per heavy atom. The fourth-order valence-corrected chi connectivity index (χ4v) is 1.93. The third kappa shape index (κ3) is 3.47. The first kappa shape index (κ1) is 14.0. The van der Waals surface area contributed by atoms with Crippen molar-refractivity contribution in [2.45, 2.75) is 46.7 Å². The lowest BCUT2D eigenvalue weighted by atomic mass is 9.86. The molecule has 0 aliphatic rings. The molecule has 0 aliphatic heterocycles. The number of phenols is 1. The monoisotopic (exact) mass is 235 g/mol. The highest BCUT2D eigenvalue weighted by Gasteiger charge is 2.27. The van der Waals surface area contributed by atoms with Crippen LogP contribution < -0.4 is 0 Å². The van der Waals surface area contributed by atoms with Gasteiger partial charge in [-0.1, -0.05) is 32.9 Å². The zero-order valence-electron chi connectivity index (χ0n) is 11.9. The Balaban J connectivity index is 2.83. The largest absolute Gasteiger partial charge is 0.508 e. The van der Waals surface area contributed by atoms with E-state index in [9.17, 15) is 5.11 Å². The number of benzene rings is 1. The number of phenolic OH excluding ortho intramolecular Hbond substituents is 1. The molecule has 0 aromatic heterocycles. The van der Waals surface area contributed by atoms with E-state index in [1.807, 2.05) is 12.1 Å². The first-order valence-electron chi connectivity index (χ1n) is 6.24. The van der Waals surface area contributed by atoms with Gasteiger partial charge in [0.25, 0.3) is 0 Å². The van der Waals surface area contributed by atoms with E-state index in [1.54, 1.807) is 12.1 Å². The van der Waals surface area contributed by atoms with Crippen molar-refractivity contribution in [2.24, 2.45) is 5.41 Å². The maximum atomic E-state index is 9.30. The Bertz CT molecular complexity index is 350. The summed E-state index contributed by atoms with van der Waals surface area (Å²) in [4.78, 5) is 2.38. The van der Waals surface area contributed by atoms with Crippen LogP contribution in [0.5, 0.6) is 5.75 Å². The van der Waals surface area contributed by atoms with E-state index in [4.69, 9.17) is 0 Å². The van der Waals surface area contributed by atoms with Gasteiger partial charge >= 0.3 is 0 Å². The molecule has 0 aliphatic carbocycles. The fourth-order valence-electron chi connectivity index (χ4n) is 1.93. The molecular weight excluding hydrogens is 210 g/mol. The molecule has 0 saturated heterocycles. The van der Waals surface area contributed by atoms with E-state index in [0.29, 0.717) is 17.8 Å². The van der Waals surface area contributed by atoms with Gasteiger partial charge in [0.15, 0.2) is 0 Å². The standard InChI is InChI=1S/C15H25NO/c1-11(13-7-9-14(17)10-8-13)16(6)12(2)15(3,4)5/h7-12,17H,1-6H3. The number of nitrogens with zero attached hydrogens (tertiary/aromatic N) is 1. The third-order valence-corrected chi connectivity index (χ3v) is 3.85. The van der Waals surface area contributed by atoms with Crippen molar-refractivity contribution in [1.82, 2.24) is 4.90 Å². The number of hydrogen-bond acceptors (Lipinski definition) is 2. The molecule has 1 aromatic carbocycles. The summed E-state index contributed by atoms with van der Waals surface area (Å²) in [6.45, 7) is 11.2. The summed E-state index contributed by atoms with van der Waals surface area (Å²) in [6, 6.07) is 8.33. The van der Waals surface area contributed by atoms with Crippen molar-refractivity contribution >= 4 is 0 Å². The summed E-state index contributed by atoms with van der Waals surface area (Å²) < 4.78 is 0. The molecule has 1 aromatic rings. The summed E-state index contributed by atoms with van der Waals surface area (Å²) in [7, 11) is 2.16. The molecule has 0 bridgehead atoms. The molecule has 1 rings (SSSR count). The zero-order valence-corrected chi connectivity index (χ0v) is 11.9. The van der Waals surface area contributed by atoms with Crippen molar-refractivity contribution in [2.75, 3.05) is 7.05 Å². The number of aromatic hydroxyl groups is 1.